The van der Waals surface area contributed by atoms with Crippen LogP contribution in [0.15, 0.2) is 103 Å². The van der Waals surface area contributed by atoms with E-state index in [1.54, 1.807) is 7.11 Å². The molecule has 1 aliphatic heterocycles. The Hall–Kier alpha value is -3.84. The SMILES string of the molecule is COc1c2c(cc(CO)c1OCc1ccccc1)C=C(CO[Si](c1ccccc1)(c1ccccc1)C(C)(C)C)OC2. The van der Waals surface area contributed by atoms with Gasteiger partial charge in [-0.05, 0) is 38.7 Å². The topological polar surface area (TPSA) is 57.2 Å². The quantitative estimate of drug-likeness (QED) is 0.231. The van der Waals surface area contributed by atoms with Crippen molar-refractivity contribution in [2.75, 3.05) is 13.7 Å². The molecule has 0 unspecified atom stereocenters. The highest BCUT2D eigenvalue weighted by Crippen LogP contribution is 2.42. The molecule has 4 aromatic carbocycles. The third-order valence-electron chi connectivity index (χ3n) is 7.62. The molecule has 0 saturated carbocycles. The second-order valence-corrected chi connectivity index (χ2v) is 15.6. The van der Waals surface area contributed by atoms with Gasteiger partial charge >= 0.3 is 0 Å². The van der Waals surface area contributed by atoms with E-state index < -0.39 is 8.32 Å². The molecule has 0 amide bonds. The molecule has 6 heteroatoms. The first-order valence-corrected chi connectivity index (χ1v) is 15.9. The van der Waals surface area contributed by atoms with Gasteiger partial charge in [-0.15, -0.1) is 0 Å². The zero-order chi connectivity index (χ0) is 28.9. The van der Waals surface area contributed by atoms with Gasteiger partial charge in [-0.3, -0.25) is 0 Å². The van der Waals surface area contributed by atoms with E-state index in [2.05, 4.69) is 69.3 Å². The van der Waals surface area contributed by atoms with Gasteiger partial charge in [0.25, 0.3) is 8.32 Å². The fourth-order valence-electron chi connectivity index (χ4n) is 5.66. The molecule has 5 nitrogen and oxygen atoms in total. The largest absolute Gasteiger partial charge is 0.492 e. The van der Waals surface area contributed by atoms with Gasteiger partial charge in [0.05, 0.1) is 20.3 Å². The standard InChI is InChI=1S/C35H38O5Si/c1-35(2,3)41(30-16-10-6-11-17-30,31-18-12-7-13-19-31)40-24-29-21-27-20-28(22-36)33(34(37-4)32(27)25-38-29)39-23-26-14-8-5-9-15-26/h5-21,36H,22-25H2,1-4H3. The molecule has 1 aliphatic rings. The summed E-state index contributed by atoms with van der Waals surface area (Å²) in [6.07, 6.45) is 2.00. The van der Waals surface area contributed by atoms with E-state index in [-0.39, 0.29) is 11.6 Å². The number of fused-ring (bicyclic) bond motifs is 1. The molecule has 0 saturated heterocycles. The van der Waals surface area contributed by atoms with Gasteiger partial charge in [-0.2, -0.15) is 0 Å². The summed E-state index contributed by atoms with van der Waals surface area (Å²) in [4.78, 5) is 0. The maximum Gasteiger partial charge on any atom is 0.261 e. The molecule has 1 N–H and O–H groups in total. The minimum Gasteiger partial charge on any atom is -0.492 e. The Labute approximate surface area is 244 Å². The Bertz CT molecular complexity index is 1440. The van der Waals surface area contributed by atoms with Gasteiger partial charge in [0.1, 0.15) is 19.0 Å². The molecule has 5 rings (SSSR count). The molecule has 0 bridgehead atoms. The molecule has 0 fully saturated rings. The average Bonchev–Trinajstić information content (AvgIpc) is 3.00. The van der Waals surface area contributed by atoms with Crippen LogP contribution >= 0.6 is 0 Å². The number of hydrogen-bond acceptors (Lipinski definition) is 5. The molecular weight excluding hydrogens is 528 g/mol. The summed E-state index contributed by atoms with van der Waals surface area (Å²) < 4.78 is 25.4. The average molecular weight is 567 g/mol. The van der Waals surface area contributed by atoms with Crippen LogP contribution in [0.5, 0.6) is 11.5 Å². The summed E-state index contributed by atoms with van der Waals surface area (Å²) in [5.41, 5.74) is 3.53. The number of aliphatic hydroxyl groups excluding tert-OH is 1. The molecule has 1 heterocycles. The van der Waals surface area contributed by atoms with E-state index >= 15 is 0 Å². The molecule has 0 aliphatic carbocycles. The van der Waals surface area contributed by atoms with Crippen LogP contribution in [0.1, 0.15) is 43.0 Å². The molecule has 212 valence electrons. The van der Waals surface area contributed by atoms with Gasteiger partial charge in [0.15, 0.2) is 11.5 Å². The van der Waals surface area contributed by atoms with E-state index in [1.807, 2.05) is 54.6 Å². The van der Waals surface area contributed by atoms with E-state index in [0.717, 1.165) is 22.4 Å². The van der Waals surface area contributed by atoms with E-state index in [1.165, 1.54) is 10.4 Å². The lowest BCUT2D eigenvalue weighted by Crippen LogP contribution is -2.66. The third kappa shape index (κ3) is 5.82. The minimum atomic E-state index is -2.72. The van der Waals surface area contributed by atoms with Crippen LogP contribution in [0.2, 0.25) is 5.04 Å². The molecular formula is C35H38O5Si. The van der Waals surface area contributed by atoms with Crippen LogP contribution in [-0.4, -0.2) is 27.1 Å². The predicted molar refractivity (Wildman–Crippen MR) is 166 cm³/mol. The second-order valence-electron chi connectivity index (χ2n) is 11.2. The third-order valence-corrected chi connectivity index (χ3v) is 12.6. The lowest BCUT2D eigenvalue weighted by atomic mass is 9.99. The number of hydrogen-bond donors (Lipinski definition) is 1. The highest BCUT2D eigenvalue weighted by atomic mass is 28.4. The zero-order valence-corrected chi connectivity index (χ0v) is 25.2. The lowest BCUT2D eigenvalue weighted by Gasteiger charge is -2.43. The summed E-state index contributed by atoms with van der Waals surface area (Å²) >= 11 is 0. The number of benzene rings is 4. The minimum absolute atomic E-state index is 0.138. The summed E-state index contributed by atoms with van der Waals surface area (Å²) in [5.74, 6) is 1.88. The molecule has 0 aromatic heterocycles. The maximum absolute atomic E-state index is 10.2. The summed E-state index contributed by atoms with van der Waals surface area (Å²) in [6, 6.07) is 33.1. The Morgan fingerprint density at radius 1 is 0.805 bits per heavy atom. The molecule has 0 radical (unpaired) electrons. The van der Waals surface area contributed by atoms with Crippen LogP contribution in [0.4, 0.5) is 0 Å². The van der Waals surface area contributed by atoms with Crippen molar-refractivity contribution in [1.29, 1.82) is 0 Å². The van der Waals surface area contributed by atoms with Crippen LogP contribution < -0.4 is 19.8 Å². The van der Waals surface area contributed by atoms with Gasteiger partial charge in [0, 0.05) is 11.1 Å². The lowest BCUT2D eigenvalue weighted by molar-refractivity contribution is 0.150. The molecule has 0 atom stereocenters. The Kier molecular flexibility index (Phi) is 8.64. The number of rotatable bonds is 10. The van der Waals surface area contributed by atoms with E-state index in [4.69, 9.17) is 18.6 Å². The van der Waals surface area contributed by atoms with Crippen molar-refractivity contribution in [2.24, 2.45) is 0 Å². The fourth-order valence-corrected chi connectivity index (χ4v) is 10.2. The number of ether oxygens (including phenoxy) is 3. The molecule has 4 aromatic rings. The van der Waals surface area contributed by atoms with Gasteiger partial charge in [0.2, 0.25) is 0 Å². The van der Waals surface area contributed by atoms with Gasteiger partial charge < -0.3 is 23.7 Å². The molecule has 0 spiro atoms. The number of methoxy groups -OCH3 is 1. The monoisotopic (exact) mass is 566 g/mol. The predicted octanol–water partition coefficient (Wildman–Crippen LogP) is 6.21. The Morgan fingerprint density at radius 2 is 1.39 bits per heavy atom. The van der Waals surface area contributed by atoms with Crippen molar-refractivity contribution >= 4 is 24.8 Å². The van der Waals surface area contributed by atoms with Crippen LogP contribution in [0, 0.1) is 0 Å². The fraction of sp³-hybridized carbons (Fsp3) is 0.257. The van der Waals surface area contributed by atoms with E-state index in [9.17, 15) is 5.11 Å². The highest BCUT2D eigenvalue weighted by molar-refractivity contribution is 6.99. The normalized spacial score (nSPS) is 13.1. The summed E-state index contributed by atoms with van der Waals surface area (Å²) in [7, 11) is -1.10. The van der Waals surface area contributed by atoms with Crippen LogP contribution in [0.25, 0.3) is 6.08 Å². The zero-order valence-electron chi connectivity index (χ0n) is 24.2. The first-order valence-electron chi connectivity index (χ1n) is 14.0. The highest BCUT2D eigenvalue weighted by Gasteiger charge is 2.50. The maximum atomic E-state index is 10.2. The van der Waals surface area contributed by atoms with Crippen molar-refractivity contribution in [3.63, 3.8) is 0 Å². The van der Waals surface area contributed by atoms with Crippen molar-refractivity contribution in [1.82, 2.24) is 0 Å². The van der Waals surface area contributed by atoms with Crippen molar-refractivity contribution in [3.8, 4) is 11.5 Å². The van der Waals surface area contributed by atoms with Crippen LogP contribution in [-0.2, 0) is 29.0 Å². The second kappa shape index (κ2) is 12.3. The van der Waals surface area contributed by atoms with Crippen LogP contribution in [0.3, 0.4) is 0 Å². The van der Waals surface area contributed by atoms with Gasteiger partial charge in [-0.1, -0.05) is 112 Å². The Balaban J connectivity index is 1.48. The first-order chi connectivity index (χ1) is 19.9. The summed E-state index contributed by atoms with van der Waals surface area (Å²) in [6.45, 7) is 7.64. The number of aliphatic hydroxyl groups is 1. The van der Waals surface area contributed by atoms with Crippen molar-refractivity contribution in [2.45, 2.75) is 45.6 Å². The van der Waals surface area contributed by atoms with Gasteiger partial charge in [-0.25, -0.2) is 0 Å². The Morgan fingerprint density at radius 3 is 1.93 bits per heavy atom. The summed E-state index contributed by atoms with van der Waals surface area (Å²) in [5, 5.41) is 12.6. The van der Waals surface area contributed by atoms with Crippen molar-refractivity contribution in [3.05, 3.63) is 125 Å². The van der Waals surface area contributed by atoms with Crippen molar-refractivity contribution < 1.29 is 23.7 Å². The smallest absolute Gasteiger partial charge is 0.261 e. The first kappa shape index (κ1) is 28.7. The molecule has 41 heavy (non-hydrogen) atoms. The van der Waals surface area contributed by atoms with E-state index in [0.29, 0.717) is 36.9 Å².